The molecule has 20 heavy (non-hydrogen) atoms. The van der Waals surface area contributed by atoms with Gasteiger partial charge in [-0.3, -0.25) is 4.90 Å². The molecule has 0 bridgehead atoms. The molecule has 2 atom stereocenters. The van der Waals surface area contributed by atoms with Crippen LogP contribution in [0.15, 0.2) is 30.3 Å². The van der Waals surface area contributed by atoms with Crippen molar-refractivity contribution in [2.45, 2.75) is 58.7 Å². The van der Waals surface area contributed by atoms with Crippen molar-refractivity contribution >= 4 is 0 Å². The van der Waals surface area contributed by atoms with Crippen LogP contribution in [0.4, 0.5) is 0 Å². The summed E-state index contributed by atoms with van der Waals surface area (Å²) in [5.41, 5.74) is 1.44. The summed E-state index contributed by atoms with van der Waals surface area (Å²) < 4.78 is 0. The van der Waals surface area contributed by atoms with Crippen LogP contribution in [0.1, 0.15) is 45.6 Å². The van der Waals surface area contributed by atoms with E-state index in [9.17, 15) is 0 Å². The Hall–Kier alpha value is -0.860. The Morgan fingerprint density at radius 2 is 2.00 bits per heavy atom. The van der Waals surface area contributed by atoms with Gasteiger partial charge in [0.15, 0.2) is 0 Å². The molecular formula is C18H30N2. The molecule has 1 fully saturated rings. The molecule has 1 aliphatic heterocycles. The molecule has 1 aromatic carbocycles. The molecule has 0 amide bonds. The van der Waals surface area contributed by atoms with Gasteiger partial charge in [0.1, 0.15) is 0 Å². The van der Waals surface area contributed by atoms with Crippen LogP contribution in [-0.4, -0.2) is 30.1 Å². The first-order valence-electron chi connectivity index (χ1n) is 8.20. The minimum absolute atomic E-state index is 0.659. The number of benzene rings is 1. The SMILES string of the molecule is CCCC1CNC(CC(C)C)CN1Cc1ccccc1. The lowest BCUT2D eigenvalue weighted by Crippen LogP contribution is -2.56. The van der Waals surface area contributed by atoms with Crippen LogP contribution < -0.4 is 5.32 Å². The summed E-state index contributed by atoms with van der Waals surface area (Å²) in [6.45, 7) is 10.4. The zero-order chi connectivity index (χ0) is 14.4. The summed E-state index contributed by atoms with van der Waals surface area (Å²) in [4.78, 5) is 2.70. The lowest BCUT2D eigenvalue weighted by atomic mass is 9.97. The van der Waals surface area contributed by atoms with E-state index in [0.29, 0.717) is 12.1 Å². The molecule has 1 saturated heterocycles. The van der Waals surface area contributed by atoms with Gasteiger partial charge >= 0.3 is 0 Å². The van der Waals surface area contributed by atoms with Gasteiger partial charge < -0.3 is 5.32 Å². The third kappa shape index (κ3) is 4.60. The number of nitrogens with zero attached hydrogens (tertiary/aromatic N) is 1. The second-order valence-electron chi connectivity index (χ2n) is 6.59. The molecule has 2 rings (SSSR count). The van der Waals surface area contributed by atoms with E-state index in [1.165, 1.54) is 31.4 Å². The van der Waals surface area contributed by atoms with Crippen LogP contribution in [-0.2, 0) is 6.54 Å². The van der Waals surface area contributed by atoms with Crippen molar-refractivity contribution in [3.05, 3.63) is 35.9 Å². The third-order valence-electron chi connectivity index (χ3n) is 4.22. The Morgan fingerprint density at radius 3 is 2.65 bits per heavy atom. The highest BCUT2D eigenvalue weighted by Gasteiger charge is 2.27. The Labute approximate surface area is 124 Å². The van der Waals surface area contributed by atoms with Gasteiger partial charge in [-0.15, -0.1) is 0 Å². The van der Waals surface area contributed by atoms with Gasteiger partial charge in [-0.2, -0.15) is 0 Å². The van der Waals surface area contributed by atoms with Gasteiger partial charge in [0, 0.05) is 31.7 Å². The fourth-order valence-electron chi connectivity index (χ4n) is 3.28. The highest BCUT2D eigenvalue weighted by Crippen LogP contribution is 2.19. The predicted octanol–water partition coefficient (Wildman–Crippen LogP) is 3.68. The molecule has 1 aliphatic rings. The van der Waals surface area contributed by atoms with Crippen molar-refractivity contribution in [2.75, 3.05) is 13.1 Å². The standard InChI is InChI=1S/C18H30N2/c1-4-8-18-12-19-17(11-15(2)3)14-20(18)13-16-9-6-5-7-10-16/h5-7,9-10,15,17-19H,4,8,11-14H2,1-3H3. The van der Waals surface area contributed by atoms with E-state index in [-0.39, 0.29) is 0 Å². The molecule has 0 aromatic heterocycles. The normalized spacial score (nSPS) is 24.2. The number of piperazine rings is 1. The van der Waals surface area contributed by atoms with Gasteiger partial charge in [-0.05, 0) is 24.3 Å². The zero-order valence-corrected chi connectivity index (χ0v) is 13.3. The summed E-state index contributed by atoms with van der Waals surface area (Å²) in [5, 5.41) is 3.76. The maximum atomic E-state index is 3.76. The van der Waals surface area contributed by atoms with Crippen LogP contribution in [0, 0.1) is 5.92 Å². The molecule has 0 aliphatic carbocycles. The first-order chi connectivity index (χ1) is 9.69. The molecule has 0 radical (unpaired) electrons. The van der Waals surface area contributed by atoms with E-state index in [1.807, 2.05) is 0 Å². The summed E-state index contributed by atoms with van der Waals surface area (Å²) >= 11 is 0. The van der Waals surface area contributed by atoms with Gasteiger partial charge in [0.25, 0.3) is 0 Å². The Balaban J connectivity index is 1.99. The first kappa shape index (κ1) is 15.5. The van der Waals surface area contributed by atoms with Crippen LogP contribution in [0.3, 0.4) is 0 Å². The van der Waals surface area contributed by atoms with Gasteiger partial charge in [-0.25, -0.2) is 0 Å². The predicted molar refractivity (Wildman–Crippen MR) is 86.8 cm³/mol. The van der Waals surface area contributed by atoms with Gasteiger partial charge in [-0.1, -0.05) is 57.5 Å². The van der Waals surface area contributed by atoms with Crippen LogP contribution in [0.5, 0.6) is 0 Å². The quantitative estimate of drug-likeness (QED) is 0.851. The topological polar surface area (TPSA) is 15.3 Å². The van der Waals surface area contributed by atoms with Crippen LogP contribution >= 0.6 is 0 Å². The average molecular weight is 274 g/mol. The highest BCUT2D eigenvalue weighted by atomic mass is 15.2. The monoisotopic (exact) mass is 274 g/mol. The fourth-order valence-corrected chi connectivity index (χ4v) is 3.28. The zero-order valence-electron chi connectivity index (χ0n) is 13.3. The smallest absolute Gasteiger partial charge is 0.0237 e. The Kier molecular flexibility index (Phi) is 6.06. The van der Waals surface area contributed by atoms with Crippen molar-refractivity contribution in [1.82, 2.24) is 10.2 Å². The number of nitrogens with one attached hydrogen (secondary N) is 1. The molecule has 1 aromatic rings. The number of hydrogen-bond donors (Lipinski definition) is 1. The molecule has 0 spiro atoms. The lowest BCUT2D eigenvalue weighted by molar-refractivity contribution is 0.108. The molecule has 2 nitrogen and oxygen atoms in total. The molecule has 112 valence electrons. The van der Waals surface area contributed by atoms with E-state index in [0.717, 1.165) is 19.0 Å². The van der Waals surface area contributed by atoms with Crippen LogP contribution in [0.2, 0.25) is 0 Å². The highest BCUT2D eigenvalue weighted by molar-refractivity contribution is 5.14. The van der Waals surface area contributed by atoms with E-state index in [4.69, 9.17) is 0 Å². The minimum Gasteiger partial charge on any atom is -0.311 e. The largest absolute Gasteiger partial charge is 0.311 e. The molecule has 0 saturated carbocycles. The molecular weight excluding hydrogens is 244 g/mol. The maximum absolute atomic E-state index is 3.76. The average Bonchev–Trinajstić information content (AvgIpc) is 2.42. The van der Waals surface area contributed by atoms with Crippen molar-refractivity contribution in [2.24, 2.45) is 5.92 Å². The first-order valence-corrected chi connectivity index (χ1v) is 8.20. The Morgan fingerprint density at radius 1 is 1.25 bits per heavy atom. The summed E-state index contributed by atoms with van der Waals surface area (Å²) in [7, 11) is 0. The second-order valence-corrected chi connectivity index (χ2v) is 6.59. The lowest BCUT2D eigenvalue weighted by Gasteiger charge is -2.41. The molecule has 2 heteroatoms. The second kappa shape index (κ2) is 7.80. The minimum atomic E-state index is 0.659. The van der Waals surface area contributed by atoms with Crippen molar-refractivity contribution in [1.29, 1.82) is 0 Å². The van der Waals surface area contributed by atoms with Crippen molar-refractivity contribution in [3.63, 3.8) is 0 Å². The molecule has 2 unspecified atom stereocenters. The van der Waals surface area contributed by atoms with Crippen molar-refractivity contribution in [3.8, 4) is 0 Å². The van der Waals surface area contributed by atoms with Gasteiger partial charge in [0.2, 0.25) is 0 Å². The van der Waals surface area contributed by atoms with E-state index >= 15 is 0 Å². The Bertz CT molecular complexity index is 374. The van der Waals surface area contributed by atoms with E-state index < -0.39 is 0 Å². The van der Waals surface area contributed by atoms with E-state index in [1.54, 1.807) is 0 Å². The number of rotatable bonds is 6. The van der Waals surface area contributed by atoms with Gasteiger partial charge in [0.05, 0.1) is 0 Å². The summed E-state index contributed by atoms with van der Waals surface area (Å²) in [6.07, 6.45) is 3.85. The molecule has 1 heterocycles. The van der Waals surface area contributed by atoms with Crippen molar-refractivity contribution < 1.29 is 0 Å². The summed E-state index contributed by atoms with van der Waals surface area (Å²) in [6, 6.07) is 12.3. The molecule has 1 N–H and O–H groups in total. The van der Waals surface area contributed by atoms with E-state index in [2.05, 4.69) is 61.3 Å². The number of hydrogen-bond acceptors (Lipinski definition) is 2. The maximum Gasteiger partial charge on any atom is 0.0237 e. The third-order valence-corrected chi connectivity index (χ3v) is 4.22. The van der Waals surface area contributed by atoms with Crippen LogP contribution in [0.25, 0.3) is 0 Å². The summed E-state index contributed by atoms with van der Waals surface area (Å²) in [5.74, 6) is 0.772. The fraction of sp³-hybridized carbons (Fsp3) is 0.667.